The average molecular weight is 482 g/mol. The predicted molar refractivity (Wildman–Crippen MR) is 128 cm³/mol. The van der Waals surface area contributed by atoms with Crippen molar-refractivity contribution in [1.29, 1.82) is 0 Å². The van der Waals surface area contributed by atoms with Gasteiger partial charge in [0.2, 0.25) is 21.8 Å². The maximum Gasteiger partial charge on any atom is 0.247 e. The second-order valence-electron chi connectivity index (χ2n) is 8.69. The quantitative estimate of drug-likeness (QED) is 0.378. The van der Waals surface area contributed by atoms with Crippen LogP contribution in [-0.4, -0.2) is 18.6 Å². The van der Waals surface area contributed by atoms with Gasteiger partial charge in [-0.05, 0) is 52.9 Å². The lowest BCUT2D eigenvalue weighted by atomic mass is 9.87. The van der Waals surface area contributed by atoms with Crippen LogP contribution in [0.5, 0.6) is 0 Å². The van der Waals surface area contributed by atoms with Gasteiger partial charge < -0.3 is 4.42 Å². The van der Waals surface area contributed by atoms with Crippen molar-refractivity contribution in [3.8, 4) is 11.5 Å². The van der Waals surface area contributed by atoms with E-state index >= 15 is 0 Å². The number of nitrogens with zero attached hydrogens (tertiary/aromatic N) is 2. The lowest BCUT2D eigenvalue weighted by Crippen LogP contribution is -2.30. The highest BCUT2D eigenvalue weighted by Gasteiger charge is 2.28. The first kappa shape index (κ1) is 23.2. The van der Waals surface area contributed by atoms with E-state index in [0.717, 1.165) is 11.1 Å². The van der Waals surface area contributed by atoms with E-state index < -0.39 is 16.1 Å². The van der Waals surface area contributed by atoms with Gasteiger partial charge in [-0.15, -0.1) is 10.2 Å². The number of sulfonamides is 1. The van der Waals surface area contributed by atoms with E-state index in [4.69, 9.17) is 16.0 Å². The van der Waals surface area contributed by atoms with Crippen molar-refractivity contribution in [2.75, 3.05) is 0 Å². The molecule has 0 saturated heterocycles. The van der Waals surface area contributed by atoms with E-state index in [0.29, 0.717) is 16.5 Å². The van der Waals surface area contributed by atoms with E-state index in [1.807, 2.05) is 42.5 Å². The minimum Gasteiger partial charge on any atom is -0.419 e. The highest BCUT2D eigenvalue weighted by molar-refractivity contribution is 7.89. The predicted octanol–water partition coefficient (Wildman–Crippen LogP) is 5.76. The van der Waals surface area contributed by atoms with Crippen molar-refractivity contribution >= 4 is 21.6 Å². The molecule has 0 aliphatic rings. The average Bonchev–Trinajstić information content (AvgIpc) is 3.28. The summed E-state index contributed by atoms with van der Waals surface area (Å²) >= 11 is 6.04. The molecule has 0 unspecified atom stereocenters. The van der Waals surface area contributed by atoms with Crippen LogP contribution in [0.2, 0.25) is 5.02 Å². The lowest BCUT2D eigenvalue weighted by Gasteiger charge is -2.20. The first-order chi connectivity index (χ1) is 15.6. The molecule has 0 amide bonds. The monoisotopic (exact) mass is 481 g/mol. The van der Waals surface area contributed by atoms with E-state index in [9.17, 15) is 8.42 Å². The summed E-state index contributed by atoms with van der Waals surface area (Å²) in [6.45, 7) is 6.22. The molecule has 4 aromatic rings. The van der Waals surface area contributed by atoms with E-state index in [1.165, 1.54) is 0 Å². The van der Waals surface area contributed by atoms with Gasteiger partial charge in [-0.25, -0.2) is 8.42 Å². The number of benzene rings is 3. The van der Waals surface area contributed by atoms with Gasteiger partial charge in [-0.1, -0.05) is 74.8 Å². The molecule has 1 atom stereocenters. The fourth-order valence-corrected chi connectivity index (χ4v) is 4.63. The van der Waals surface area contributed by atoms with Crippen molar-refractivity contribution in [2.45, 2.75) is 37.1 Å². The summed E-state index contributed by atoms with van der Waals surface area (Å²) in [6.07, 6.45) is 0. The van der Waals surface area contributed by atoms with Gasteiger partial charge in [-0.3, -0.25) is 0 Å². The lowest BCUT2D eigenvalue weighted by molar-refractivity contribution is 0.464. The Labute approximate surface area is 198 Å². The first-order valence-corrected chi connectivity index (χ1v) is 12.3. The van der Waals surface area contributed by atoms with Gasteiger partial charge in [-0.2, -0.15) is 4.72 Å². The van der Waals surface area contributed by atoms with Crippen molar-refractivity contribution < 1.29 is 12.8 Å². The number of hydrogen-bond donors (Lipinski definition) is 1. The highest BCUT2D eigenvalue weighted by atomic mass is 35.5. The summed E-state index contributed by atoms with van der Waals surface area (Å²) in [5, 5.41) is 8.79. The number of aromatic nitrogens is 2. The Morgan fingerprint density at radius 2 is 1.52 bits per heavy atom. The number of nitrogens with one attached hydrogen (secondary N) is 1. The van der Waals surface area contributed by atoms with Gasteiger partial charge in [0.05, 0.1) is 4.90 Å². The van der Waals surface area contributed by atoms with Crippen LogP contribution in [0.25, 0.3) is 11.5 Å². The maximum absolute atomic E-state index is 13.3. The molecular weight excluding hydrogens is 458 g/mol. The second kappa shape index (κ2) is 9.09. The molecule has 0 radical (unpaired) electrons. The molecule has 0 saturated carbocycles. The topological polar surface area (TPSA) is 85.1 Å². The summed E-state index contributed by atoms with van der Waals surface area (Å²) in [6, 6.07) is 22.1. The van der Waals surface area contributed by atoms with E-state index in [-0.39, 0.29) is 16.2 Å². The molecule has 0 aliphatic heterocycles. The van der Waals surface area contributed by atoms with Gasteiger partial charge in [0, 0.05) is 10.6 Å². The molecule has 0 aliphatic carbocycles. The van der Waals surface area contributed by atoms with Gasteiger partial charge in [0.25, 0.3) is 0 Å². The van der Waals surface area contributed by atoms with Crippen LogP contribution in [-0.2, 0) is 15.4 Å². The van der Waals surface area contributed by atoms with Crippen LogP contribution in [0, 0.1) is 0 Å². The Balaban J connectivity index is 1.70. The molecule has 1 N–H and O–H groups in total. The van der Waals surface area contributed by atoms with Crippen molar-refractivity contribution in [3.05, 3.63) is 101 Å². The molecule has 0 bridgehead atoms. The van der Waals surface area contributed by atoms with Crippen LogP contribution in [0.15, 0.2) is 88.2 Å². The summed E-state index contributed by atoms with van der Waals surface area (Å²) in [5.41, 5.74) is 2.32. The summed E-state index contributed by atoms with van der Waals surface area (Å²) in [4.78, 5) is 0.150. The Bertz CT molecular complexity index is 1330. The third kappa shape index (κ3) is 5.33. The Hall–Kier alpha value is -3.00. The van der Waals surface area contributed by atoms with E-state index in [1.54, 1.807) is 36.4 Å². The van der Waals surface area contributed by atoms with Crippen LogP contribution in [0.1, 0.15) is 43.8 Å². The van der Waals surface area contributed by atoms with Crippen LogP contribution in [0.4, 0.5) is 0 Å². The largest absolute Gasteiger partial charge is 0.419 e. The summed E-state index contributed by atoms with van der Waals surface area (Å²) < 4.78 is 35.1. The number of hydrogen-bond acceptors (Lipinski definition) is 5. The summed E-state index contributed by atoms with van der Waals surface area (Å²) in [7, 11) is -3.89. The smallest absolute Gasteiger partial charge is 0.247 e. The van der Waals surface area contributed by atoms with Crippen molar-refractivity contribution in [1.82, 2.24) is 14.9 Å². The molecule has 3 aromatic carbocycles. The zero-order chi connectivity index (χ0) is 23.6. The van der Waals surface area contributed by atoms with Crippen LogP contribution >= 0.6 is 11.6 Å². The molecule has 33 heavy (non-hydrogen) atoms. The van der Waals surface area contributed by atoms with Gasteiger partial charge in [0.1, 0.15) is 6.04 Å². The highest BCUT2D eigenvalue weighted by Crippen LogP contribution is 2.29. The minimum absolute atomic E-state index is 0.0842. The third-order valence-corrected chi connectivity index (χ3v) is 6.91. The molecule has 1 heterocycles. The van der Waals surface area contributed by atoms with Crippen LogP contribution < -0.4 is 4.72 Å². The molecule has 8 heteroatoms. The normalized spacial score (nSPS) is 13.1. The second-order valence-corrected chi connectivity index (χ2v) is 10.8. The zero-order valence-electron chi connectivity index (χ0n) is 18.5. The van der Waals surface area contributed by atoms with E-state index in [2.05, 4.69) is 35.7 Å². The van der Waals surface area contributed by atoms with Crippen molar-refractivity contribution in [3.63, 3.8) is 0 Å². The first-order valence-electron chi connectivity index (χ1n) is 10.4. The standard InChI is InChI=1S/C25H24ClN3O3S/c1-25(2,3)19-11-15-21(16-12-19)33(30,31)29-22(17-9-13-20(26)14-10-17)24-28-27-23(32-24)18-7-5-4-6-8-18/h4-16,22,29H,1-3H3/t22-/m1/s1. The molecule has 4 rings (SSSR count). The maximum atomic E-state index is 13.3. The molecule has 6 nitrogen and oxygen atoms in total. The van der Waals surface area contributed by atoms with Crippen LogP contribution in [0.3, 0.4) is 0 Å². The van der Waals surface area contributed by atoms with Gasteiger partial charge in [0.15, 0.2) is 0 Å². The fraction of sp³-hybridized carbons (Fsp3) is 0.200. The number of rotatable bonds is 6. The molecule has 0 spiro atoms. The third-order valence-electron chi connectivity index (χ3n) is 5.22. The Kier molecular flexibility index (Phi) is 6.38. The Morgan fingerprint density at radius 3 is 2.12 bits per heavy atom. The Morgan fingerprint density at radius 1 is 0.879 bits per heavy atom. The minimum atomic E-state index is -3.89. The fourth-order valence-electron chi connectivity index (χ4n) is 3.32. The van der Waals surface area contributed by atoms with Gasteiger partial charge >= 0.3 is 0 Å². The molecule has 1 aromatic heterocycles. The molecule has 0 fully saturated rings. The SMILES string of the molecule is CC(C)(C)c1ccc(S(=O)(=O)N[C@H](c2ccc(Cl)cc2)c2nnc(-c3ccccc3)o2)cc1. The zero-order valence-corrected chi connectivity index (χ0v) is 20.1. The summed E-state index contributed by atoms with van der Waals surface area (Å²) in [5.74, 6) is 0.435. The molecule has 170 valence electrons. The number of halogens is 1. The molecular formula is C25H24ClN3O3S. The van der Waals surface area contributed by atoms with Crippen molar-refractivity contribution in [2.24, 2.45) is 0 Å².